The lowest BCUT2D eigenvalue weighted by Gasteiger charge is -2.13. The predicted molar refractivity (Wildman–Crippen MR) is 115 cm³/mol. The summed E-state index contributed by atoms with van der Waals surface area (Å²) >= 11 is 0. The fourth-order valence-electron chi connectivity index (χ4n) is 3.16. The number of carbonyl (C=O) groups is 1. The molecule has 0 unspecified atom stereocenters. The van der Waals surface area contributed by atoms with Crippen LogP contribution >= 0.6 is 0 Å². The molecule has 0 saturated carbocycles. The van der Waals surface area contributed by atoms with Gasteiger partial charge in [0.25, 0.3) is 0 Å². The molecule has 3 rings (SSSR count). The topological polar surface area (TPSA) is 44.4 Å². The van der Waals surface area contributed by atoms with E-state index in [-0.39, 0.29) is 6.03 Å². The van der Waals surface area contributed by atoms with Crippen LogP contribution in [0.3, 0.4) is 0 Å². The molecule has 0 spiro atoms. The first-order chi connectivity index (χ1) is 13.6. The third-order valence-corrected chi connectivity index (χ3v) is 4.45. The van der Waals surface area contributed by atoms with Crippen LogP contribution in [0.4, 0.5) is 10.5 Å². The molecular weight excluding hydrogens is 346 g/mol. The second kappa shape index (κ2) is 9.72. The standard InChI is InChI=1S/C24H27N3O/c1-27(2)18-21-12-8-11-20(15-21)17-25-24(28)26-23-14-7-6-13-22(23)16-19-9-4-3-5-10-19/h3-15H,16-18H2,1-2H3,(H2,25,26,28). The molecule has 4 heteroatoms. The van der Waals surface area contributed by atoms with Gasteiger partial charge in [0.2, 0.25) is 0 Å². The molecule has 0 saturated heterocycles. The van der Waals surface area contributed by atoms with Crippen molar-refractivity contribution >= 4 is 11.7 Å². The molecule has 2 amide bonds. The minimum Gasteiger partial charge on any atom is -0.334 e. The fraction of sp³-hybridized carbons (Fsp3) is 0.208. The fourth-order valence-corrected chi connectivity index (χ4v) is 3.16. The highest BCUT2D eigenvalue weighted by molar-refractivity contribution is 5.90. The van der Waals surface area contributed by atoms with Gasteiger partial charge in [-0.3, -0.25) is 0 Å². The van der Waals surface area contributed by atoms with Crippen molar-refractivity contribution in [2.75, 3.05) is 19.4 Å². The van der Waals surface area contributed by atoms with Gasteiger partial charge in [0.15, 0.2) is 0 Å². The lowest BCUT2D eigenvalue weighted by atomic mass is 10.0. The van der Waals surface area contributed by atoms with Gasteiger partial charge in [-0.2, -0.15) is 0 Å². The van der Waals surface area contributed by atoms with Gasteiger partial charge in [-0.05, 0) is 48.8 Å². The average molecular weight is 374 g/mol. The van der Waals surface area contributed by atoms with Crippen LogP contribution in [0.25, 0.3) is 0 Å². The summed E-state index contributed by atoms with van der Waals surface area (Å²) in [7, 11) is 4.09. The van der Waals surface area contributed by atoms with Crippen LogP contribution in [0.15, 0.2) is 78.9 Å². The summed E-state index contributed by atoms with van der Waals surface area (Å²) in [5.41, 5.74) is 5.47. The van der Waals surface area contributed by atoms with Crippen LogP contribution in [0.1, 0.15) is 22.3 Å². The normalized spacial score (nSPS) is 10.7. The van der Waals surface area contributed by atoms with Gasteiger partial charge in [0.1, 0.15) is 0 Å². The summed E-state index contributed by atoms with van der Waals surface area (Å²) in [4.78, 5) is 14.6. The number of nitrogens with one attached hydrogen (secondary N) is 2. The highest BCUT2D eigenvalue weighted by Crippen LogP contribution is 2.19. The molecule has 0 aliphatic heterocycles. The van der Waals surface area contributed by atoms with E-state index in [9.17, 15) is 4.79 Å². The molecule has 144 valence electrons. The Morgan fingerprint density at radius 2 is 1.50 bits per heavy atom. The number of rotatable bonds is 7. The van der Waals surface area contributed by atoms with Crippen LogP contribution in [0.5, 0.6) is 0 Å². The Labute approximate surface area is 167 Å². The lowest BCUT2D eigenvalue weighted by Crippen LogP contribution is -2.28. The maximum atomic E-state index is 12.4. The smallest absolute Gasteiger partial charge is 0.319 e. The van der Waals surface area contributed by atoms with Gasteiger partial charge >= 0.3 is 6.03 Å². The highest BCUT2D eigenvalue weighted by Gasteiger charge is 2.07. The second-order valence-corrected chi connectivity index (χ2v) is 7.18. The molecule has 4 nitrogen and oxygen atoms in total. The van der Waals surface area contributed by atoms with E-state index in [1.165, 1.54) is 11.1 Å². The summed E-state index contributed by atoms with van der Waals surface area (Å²) in [6.07, 6.45) is 0.782. The van der Waals surface area contributed by atoms with Crippen molar-refractivity contribution in [3.05, 3.63) is 101 Å². The first kappa shape index (κ1) is 19.6. The van der Waals surface area contributed by atoms with Crippen molar-refractivity contribution in [2.24, 2.45) is 0 Å². The number of benzene rings is 3. The molecule has 28 heavy (non-hydrogen) atoms. The zero-order valence-electron chi connectivity index (χ0n) is 16.5. The van der Waals surface area contributed by atoms with Gasteiger partial charge in [-0.25, -0.2) is 4.79 Å². The molecular formula is C24H27N3O. The van der Waals surface area contributed by atoms with E-state index < -0.39 is 0 Å². The summed E-state index contributed by atoms with van der Waals surface area (Å²) < 4.78 is 0. The number of anilines is 1. The molecule has 0 atom stereocenters. The summed E-state index contributed by atoms with van der Waals surface area (Å²) in [5, 5.41) is 5.94. The average Bonchev–Trinajstić information content (AvgIpc) is 2.69. The first-order valence-electron chi connectivity index (χ1n) is 9.49. The van der Waals surface area contributed by atoms with E-state index in [4.69, 9.17) is 0 Å². The van der Waals surface area contributed by atoms with Crippen LogP contribution in [-0.2, 0) is 19.5 Å². The number of para-hydroxylation sites is 1. The predicted octanol–water partition coefficient (Wildman–Crippen LogP) is 4.66. The van der Waals surface area contributed by atoms with E-state index in [0.717, 1.165) is 29.8 Å². The van der Waals surface area contributed by atoms with Gasteiger partial charge < -0.3 is 15.5 Å². The summed E-state index contributed by atoms with van der Waals surface area (Å²) in [6.45, 7) is 1.38. The molecule has 0 aromatic heterocycles. The number of hydrogen-bond acceptors (Lipinski definition) is 2. The number of hydrogen-bond donors (Lipinski definition) is 2. The van der Waals surface area contributed by atoms with Gasteiger partial charge in [-0.1, -0.05) is 72.8 Å². The van der Waals surface area contributed by atoms with E-state index in [1.807, 2.05) is 68.7 Å². The molecule has 2 N–H and O–H groups in total. The van der Waals surface area contributed by atoms with E-state index in [2.05, 4.69) is 39.8 Å². The Hall–Kier alpha value is -3.11. The van der Waals surface area contributed by atoms with Crippen molar-refractivity contribution < 1.29 is 4.79 Å². The molecule has 0 fully saturated rings. The molecule has 0 aliphatic carbocycles. The molecule has 0 heterocycles. The minimum absolute atomic E-state index is 0.196. The molecule has 3 aromatic rings. The van der Waals surface area contributed by atoms with Crippen molar-refractivity contribution in [3.63, 3.8) is 0 Å². The third kappa shape index (κ3) is 5.96. The maximum absolute atomic E-state index is 12.4. The van der Waals surface area contributed by atoms with E-state index >= 15 is 0 Å². The Bertz CT molecular complexity index is 906. The van der Waals surface area contributed by atoms with Crippen molar-refractivity contribution in [1.29, 1.82) is 0 Å². The van der Waals surface area contributed by atoms with Crippen molar-refractivity contribution in [1.82, 2.24) is 10.2 Å². The molecule has 0 radical (unpaired) electrons. The summed E-state index contributed by atoms with van der Waals surface area (Å²) in [6, 6.07) is 26.3. The molecule has 0 aliphatic rings. The number of urea groups is 1. The summed E-state index contributed by atoms with van der Waals surface area (Å²) in [5.74, 6) is 0. The number of nitrogens with zero attached hydrogens (tertiary/aromatic N) is 1. The molecule has 3 aromatic carbocycles. The van der Waals surface area contributed by atoms with E-state index in [0.29, 0.717) is 6.54 Å². The lowest BCUT2D eigenvalue weighted by molar-refractivity contribution is 0.251. The Morgan fingerprint density at radius 3 is 2.29 bits per heavy atom. The maximum Gasteiger partial charge on any atom is 0.319 e. The Balaban J connectivity index is 1.60. The van der Waals surface area contributed by atoms with Crippen LogP contribution in [0, 0.1) is 0 Å². The van der Waals surface area contributed by atoms with Gasteiger partial charge in [0, 0.05) is 18.8 Å². The van der Waals surface area contributed by atoms with Gasteiger partial charge in [0.05, 0.1) is 0 Å². The van der Waals surface area contributed by atoms with E-state index in [1.54, 1.807) is 0 Å². The van der Waals surface area contributed by atoms with Gasteiger partial charge in [-0.15, -0.1) is 0 Å². The SMILES string of the molecule is CN(C)Cc1cccc(CNC(=O)Nc2ccccc2Cc2ccccc2)c1. The second-order valence-electron chi connectivity index (χ2n) is 7.18. The molecule has 0 bridgehead atoms. The minimum atomic E-state index is -0.196. The van der Waals surface area contributed by atoms with Crippen molar-refractivity contribution in [2.45, 2.75) is 19.5 Å². The Morgan fingerprint density at radius 1 is 0.821 bits per heavy atom. The number of amides is 2. The first-order valence-corrected chi connectivity index (χ1v) is 9.49. The third-order valence-electron chi connectivity index (χ3n) is 4.45. The Kier molecular flexibility index (Phi) is 6.82. The zero-order chi connectivity index (χ0) is 19.8. The van der Waals surface area contributed by atoms with Crippen LogP contribution < -0.4 is 10.6 Å². The quantitative estimate of drug-likeness (QED) is 0.633. The largest absolute Gasteiger partial charge is 0.334 e. The van der Waals surface area contributed by atoms with Crippen LogP contribution in [0.2, 0.25) is 0 Å². The zero-order valence-corrected chi connectivity index (χ0v) is 16.5. The van der Waals surface area contributed by atoms with Crippen LogP contribution in [-0.4, -0.2) is 25.0 Å². The van der Waals surface area contributed by atoms with Crippen molar-refractivity contribution in [3.8, 4) is 0 Å². The highest BCUT2D eigenvalue weighted by atomic mass is 16.2. The monoisotopic (exact) mass is 373 g/mol. The number of carbonyl (C=O) groups excluding carboxylic acids is 1.